The van der Waals surface area contributed by atoms with E-state index >= 15 is 0 Å². The van der Waals surface area contributed by atoms with Gasteiger partial charge in [-0.25, -0.2) is 0 Å². The smallest absolute Gasteiger partial charge is 0.257 e. The third kappa shape index (κ3) is 2.61. The van der Waals surface area contributed by atoms with Crippen molar-refractivity contribution in [1.82, 2.24) is 15.2 Å². The van der Waals surface area contributed by atoms with Crippen molar-refractivity contribution in [2.24, 2.45) is 0 Å². The van der Waals surface area contributed by atoms with Crippen LogP contribution in [0.3, 0.4) is 0 Å². The number of hydrogen-bond acceptors (Lipinski definition) is 4. The van der Waals surface area contributed by atoms with E-state index < -0.39 is 11.9 Å². The van der Waals surface area contributed by atoms with Crippen LogP contribution in [-0.4, -0.2) is 33.6 Å². The van der Waals surface area contributed by atoms with Gasteiger partial charge in [-0.2, -0.15) is 0 Å². The number of hydrogen-bond donors (Lipinski definition) is 1. The van der Waals surface area contributed by atoms with Crippen molar-refractivity contribution in [2.75, 3.05) is 0 Å². The molecule has 1 N–H and O–H groups in total. The maximum Gasteiger partial charge on any atom is 0.257 e. The third-order valence-corrected chi connectivity index (χ3v) is 3.89. The Morgan fingerprint density at radius 1 is 1.23 bits per heavy atom. The number of amides is 3. The van der Waals surface area contributed by atoms with Crippen LogP contribution in [0.15, 0.2) is 12.1 Å². The fraction of sp³-hybridized carbons (Fsp3) is 0.500. The summed E-state index contributed by atoms with van der Waals surface area (Å²) < 4.78 is 0. The normalized spacial score (nSPS) is 23.6. The van der Waals surface area contributed by atoms with E-state index in [0.29, 0.717) is 17.7 Å². The lowest BCUT2D eigenvalue weighted by Crippen LogP contribution is -2.53. The zero-order valence-electron chi connectivity index (χ0n) is 13.3. The number of aromatic nitrogens is 1. The van der Waals surface area contributed by atoms with E-state index in [1.54, 1.807) is 17.0 Å². The predicted octanol–water partition coefficient (Wildman–Crippen LogP) is 1.74. The highest BCUT2D eigenvalue weighted by molar-refractivity contribution is 6.05. The molecule has 3 heterocycles. The molecule has 0 spiro atoms. The number of fused-ring (bicyclic) bond motifs is 1. The van der Waals surface area contributed by atoms with Gasteiger partial charge in [-0.05, 0) is 32.4 Å². The number of imide groups is 1. The Morgan fingerprint density at radius 3 is 2.55 bits per heavy atom. The molecule has 0 aliphatic carbocycles. The lowest BCUT2D eigenvalue weighted by atomic mass is 10.0. The molecule has 1 aromatic heterocycles. The van der Waals surface area contributed by atoms with Gasteiger partial charge in [-0.3, -0.25) is 24.7 Å². The van der Waals surface area contributed by atoms with Gasteiger partial charge in [0.05, 0.1) is 17.3 Å². The van der Waals surface area contributed by atoms with Crippen LogP contribution in [0.25, 0.3) is 0 Å². The molecule has 1 aromatic rings. The third-order valence-electron chi connectivity index (χ3n) is 3.89. The maximum absolute atomic E-state index is 12.5. The maximum atomic E-state index is 12.5. The molecule has 2 atom stereocenters. The van der Waals surface area contributed by atoms with Crippen LogP contribution in [-0.2, 0) is 9.59 Å². The highest BCUT2D eigenvalue weighted by atomic mass is 16.2. The number of carbonyl (C=O) groups excluding carboxylic acids is 3. The molecule has 3 amide bonds. The van der Waals surface area contributed by atoms with Gasteiger partial charge in [-0.1, -0.05) is 13.8 Å². The lowest BCUT2D eigenvalue weighted by molar-refractivity contribution is -0.137. The molecule has 6 heteroatoms. The van der Waals surface area contributed by atoms with E-state index in [2.05, 4.69) is 10.3 Å². The molecule has 1 saturated heterocycles. The van der Waals surface area contributed by atoms with Gasteiger partial charge in [0.2, 0.25) is 11.8 Å². The molecule has 0 radical (unpaired) electrons. The van der Waals surface area contributed by atoms with Crippen molar-refractivity contribution < 1.29 is 14.4 Å². The average Bonchev–Trinajstić information content (AvgIpc) is 2.73. The van der Waals surface area contributed by atoms with Crippen molar-refractivity contribution in [1.29, 1.82) is 0 Å². The molecule has 2 aliphatic rings. The zero-order chi connectivity index (χ0) is 16.4. The zero-order valence-corrected chi connectivity index (χ0v) is 13.3. The van der Waals surface area contributed by atoms with Crippen molar-refractivity contribution in [2.45, 2.75) is 52.6 Å². The van der Waals surface area contributed by atoms with Crippen LogP contribution in [0, 0.1) is 6.92 Å². The van der Waals surface area contributed by atoms with Crippen LogP contribution >= 0.6 is 0 Å². The summed E-state index contributed by atoms with van der Waals surface area (Å²) in [5, 5.41) is 2.29. The highest BCUT2D eigenvalue weighted by Gasteiger charge is 2.43. The van der Waals surface area contributed by atoms with E-state index in [9.17, 15) is 14.4 Å². The molecule has 0 bridgehead atoms. The second-order valence-corrected chi connectivity index (χ2v) is 5.24. The van der Waals surface area contributed by atoms with Gasteiger partial charge >= 0.3 is 0 Å². The molecule has 2 unspecified atom stereocenters. The summed E-state index contributed by atoms with van der Waals surface area (Å²) in [6.45, 7) is 7.73. The summed E-state index contributed by atoms with van der Waals surface area (Å²) in [6, 6.07) is 2.70. The molecular formula is C16H21N3O3. The fourth-order valence-corrected chi connectivity index (χ4v) is 2.88. The summed E-state index contributed by atoms with van der Waals surface area (Å²) in [4.78, 5) is 41.6. The number of pyridine rings is 1. The first-order chi connectivity index (χ1) is 10.5. The van der Waals surface area contributed by atoms with Gasteiger partial charge in [0.25, 0.3) is 5.91 Å². The average molecular weight is 303 g/mol. The van der Waals surface area contributed by atoms with Gasteiger partial charge in [-0.15, -0.1) is 0 Å². The van der Waals surface area contributed by atoms with E-state index in [0.717, 1.165) is 5.69 Å². The monoisotopic (exact) mass is 303 g/mol. The summed E-state index contributed by atoms with van der Waals surface area (Å²) in [6.07, 6.45) is 0.628. The number of piperidine rings is 1. The van der Waals surface area contributed by atoms with Crippen LogP contribution in [0.2, 0.25) is 0 Å². The van der Waals surface area contributed by atoms with Crippen LogP contribution < -0.4 is 5.32 Å². The summed E-state index contributed by atoms with van der Waals surface area (Å²) in [5.41, 5.74) is 2.10. The Bertz CT molecular complexity index is 627. The Balaban J connectivity index is 0.000000847. The second kappa shape index (κ2) is 6.25. The topological polar surface area (TPSA) is 79.4 Å². The van der Waals surface area contributed by atoms with Crippen LogP contribution in [0.5, 0.6) is 0 Å². The standard InChI is InChI=1S/C14H15N3O3.C2H6/c1-7-3-4-9-12(15-7)8(2)17(14(9)20)10-5-6-11(18)16-13(10)19;1-2/h3-4,8,10H,5-6H2,1-2H3,(H,16,18,19);1-2H3. The first kappa shape index (κ1) is 16.1. The molecule has 0 saturated carbocycles. The highest BCUT2D eigenvalue weighted by Crippen LogP contribution is 2.35. The van der Waals surface area contributed by atoms with E-state index in [4.69, 9.17) is 0 Å². The van der Waals surface area contributed by atoms with Crippen molar-refractivity contribution in [3.8, 4) is 0 Å². The lowest BCUT2D eigenvalue weighted by Gasteiger charge is -2.32. The van der Waals surface area contributed by atoms with Gasteiger partial charge in [0.1, 0.15) is 6.04 Å². The summed E-state index contributed by atoms with van der Waals surface area (Å²) in [7, 11) is 0. The number of nitrogens with zero attached hydrogens (tertiary/aromatic N) is 2. The number of nitrogens with one attached hydrogen (secondary N) is 1. The Hall–Kier alpha value is -2.24. The molecular weight excluding hydrogens is 282 g/mol. The summed E-state index contributed by atoms with van der Waals surface area (Å²) in [5.74, 6) is -0.863. The SMILES string of the molecule is CC.Cc1ccc2c(n1)C(C)N(C1CCC(=O)NC1=O)C2=O. The Morgan fingerprint density at radius 2 is 1.91 bits per heavy atom. The van der Waals surface area contributed by atoms with E-state index in [1.807, 2.05) is 27.7 Å². The van der Waals surface area contributed by atoms with E-state index in [-0.39, 0.29) is 24.3 Å². The second-order valence-electron chi connectivity index (χ2n) is 5.24. The Labute approximate surface area is 129 Å². The minimum Gasteiger partial charge on any atom is -0.318 e. The molecule has 2 aliphatic heterocycles. The minimum atomic E-state index is -0.593. The van der Waals surface area contributed by atoms with Crippen LogP contribution in [0.4, 0.5) is 0 Å². The molecule has 0 aromatic carbocycles. The van der Waals surface area contributed by atoms with Gasteiger partial charge in [0.15, 0.2) is 0 Å². The number of carbonyl (C=O) groups is 3. The fourth-order valence-electron chi connectivity index (χ4n) is 2.88. The van der Waals surface area contributed by atoms with Gasteiger partial charge in [0, 0.05) is 12.1 Å². The van der Waals surface area contributed by atoms with Crippen molar-refractivity contribution in [3.05, 3.63) is 29.1 Å². The van der Waals surface area contributed by atoms with Crippen molar-refractivity contribution >= 4 is 17.7 Å². The first-order valence-corrected chi connectivity index (χ1v) is 7.63. The largest absolute Gasteiger partial charge is 0.318 e. The first-order valence-electron chi connectivity index (χ1n) is 7.63. The quantitative estimate of drug-likeness (QED) is 0.801. The molecule has 6 nitrogen and oxygen atoms in total. The minimum absolute atomic E-state index is 0.186. The molecule has 3 rings (SSSR count). The van der Waals surface area contributed by atoms with Crippen LogP contribution in [0.1, 0.15) is 61.4 Å². The van der Waals surface area contributed by atoms with E-state index in [1.165, 1.54) is 0 Å². The molecule has 1 fully saturated rings. The number of aryl methyl sites for hydroxylation is 1. The van der Waals surface area contributed by atoms with Crippen molar-refractivity contribution in [3.63, 3.8) is 0 Å². The Kier molecular flexibility index (Phi) is 4.59. The molecule has 22 heavy (non-hydrogen) atoms. The predicted molar refractivity (Wildman–Crippen MR) is 81.1 cm³/mol. The summed E-state index contributed by atoms with van der Waals surface area (Å²) >= 11 is 0. The van der Waals surface area contributed by atoms with Gasteiger partial charge < -0.3 is 4.90 Å². The molecule has 118 valence electrons. The number of rotatable bonds is 1.